The number of nitrogens with zero attached hydrogens (tertiary/aromatic N) is 1. The quantitative estimate of drug-likeness (QED) is 0.840. The van der Waals surface area contributed by atoms with Gasteiger partial charge in [-0.3, -0.25) is 9.59 Å². The van der Waals surface area contributed by atoms with Crippen LogP contribution in [-0.2, 0) is 15.8 Å². The fraction of sp³-hybridized carbons (Fsp3) is 0.222. The van der Waals surface area contributed by atoms with Crippen molar-refractivity contribution in [3.05, 3.63) is 59.7 Å². The van der Waals surface area contributed by atoms with Crippen molar-refractivity contribution in [2.75, 3.05) is 16.8 Å². The first-order chi connectivity index (χ1) is 11.8. The molecule has 0 aliphatic carbocycles. The van der Waals surface area contributed by atoms with Gasteiger partial charge >= 0.3 is 6.18 Å². The molecular formula is C18H15F3N2O2. The summed E-state index contributed by atoms with van der Waals surface area (Å²) >= 11 is 0. The third-order valence-electron chi connectivity index (χ3n) is 4.10. The highest BCUT2D eigenvalue weighted by Gasteiger charge is 2.38. The van der Waals surface area contributed by atoms with Crippen molar-refractivity contribution in [1.82, 2.24) is 0 Å². The zero-order valence-corrected chi connectivity index (χ0v) is 13.3. The zero-order valence-electron chi connectivity index (χ0n) is 13.3. The maximum Gasteiger partial charge on any atom is 0.416 e. The van der Waals surface area contributed by atoms with Crippen LogP contribution in [0.3, 0.4) is 0 Å². The number of amides is 2. The Kier molecular flexibility index (Phi) is 4.24. The van der Waals surface area contributed by atoms with Crippen molar-refractivity contribution in [2.45, 2.75) is 19.0 Å². The van der Waals surface area contributed by atoms with Gasteiger partial charge in [0.15, 0.2) is 0 Å². The lowest BCUT2D eigenvalue weighted by Gasteiger charge is -2.23. The summed E-state index contributed by atoms with van der Waals surface area (Å²) in [6, 6.07) is 11.4. The summed E-state index contributed by atoms with van der Waals surface area (Å²) in [4.78, 5) is 26.8. The standard InChI is InChI=1S/C18H15F3N2O2/c1-2-23-14-9-8-12(18(19,20)21)10-13(14)22-16(24)15(17(23)25)11-6-4-3-5-7-11/h3-10,15H,2H2,1H3,(H,22,24). The molecular weight excluding hydrogens is 333 g/mol. The van der Waals surface area contributed by atoms with E-state index in [9.17, 15) is 22.8 Å². The van der Waals surface area contributed by atoms with Crippen molar-refractivity contribution >= 4 is 23.2 Å². The van der Waals surface area contributed by atoms with E-state index in [2.05, 4.69) is 5.32 Å². The lowest BCUT2D eigenvalue weighted by molar-refractivity contribution is -0.137. The number of anilines is 2. The Bertz CT molecular complexity index is 819. The number of fused-ring (bicyclic) bond motifs is 1. The first-order valence-corrected chi connectivity index (χ1v) is 7.71. The second-order valence-corrected chi connectivity index (χ2v) is 5.65. The second-order valence-electron chi connectivity index (χ2n) is 5.65. The minimum atomic E-state index is -4.54. The third kappa shape index (κ3) is 3.09. The molecule has 2 aromatic rings. The lowest BCUT2D eigenvalue weighted by Crippen LogP contribution is -2.37. The molecule has 4 nitrogen and oxygen atoms in total. The Balaban J connectivity index is 2.11. The van der Waals surface area contributed by atoms with Gasteiger partial charge in [0.25, 0.3) is 0 Å². The number of alkyl halides is 3. The summed E-state index contributed by atoms with van der Waals surface area (Å²) in [5.41, 5.74) is -0.152. The average molecular weight is 348 g/mol. The summed E-state index contributed by atoms with van der Waals surface area (Å²) in [5, 5.41) is 2.48. The molecule has 0 saturated heterocycles. The van der Waals surface area contributed by atoms with Gasteiger partial charge in [0, 0.05) is 6.54 Å². The predicted octanol–water partition coefficient (Wildman–Crippen LogP) is 3.79. The molecule has 1 unspecified atom stereocenters. The SMILES string of the molecule is CCN1C(=O)C(c2ccccc2)C(=O)Nc2cc(C(F)(F)F)ccc21. The minimum absolute atomic E-state index is 0.0199. The Morgan fingerprint density at radius 2 is 1.76 bits per heavy atom. The topological polar surface area (TPSA) is 49.4 Å². The molecule has 1 atom stereocenters. The Morgan fingerprint density at radius 1 is 1.08 bits per heavy atom. The normalized spacial score (nSPS) is 17.8. The van der Waals surface area contributed by atoms with Crippen molar-refractivity contribution in [3.63, 3.8) is 0 Å². The van der Waals surface area contributed by atoms with Crippen LogP contribution in [-0.4, -0.2) is 18.4 Å². The van der Waals surface area contributed by atoms with Gasteiger partial charge in [-0.1, -0.05) is 30.3 Å². The van der Waals surface area contributed by atoms with Gasteiger partial charge in [-0.2, -0.15) is 13.2 Å². The predicted molar refractivity (Wildman–Crippen MR) is 87.3 cm³/mol. The molecule has 1 heterocycles. The molecule has 1 aliphatic rings. The fourth-order valence-corrected chi connectivity index (χ4v) is 2.91. The molecule has 1 N–H and O–H groups in total. The second kappa shape index (κ2) is 6.23. The molecule has 25 heavy (non-hydrogen) atoms. The minimum Gasteiger partial charge on any atom is -0.323 e. The highest BCUT2D eigenvalue weighted by Crippen LogP contribution is 2.38. The molecule has 0 radical (unpaired) electrons. The Hall–Kier alpha value is -2.83. The number of hydrogen-bond donors (Lipinski definition) is 1. The number of benzene rings is 2. The van der Waals surface area contributed by atoms with Crippen LogP contribution in [0.1, 0.15) is 24.0 Å². The molecule has 0 saturated carbocycles. The molecule has 2 amide bonds. The van der Waals surface area contributed by atoms with E-state index in [0.717, 1.165) is 12.1 Å². The van der Waals surface area contributed by atoms with E-state index in [0.29, 0.717) is 5.56 Å². The van der Waals surface area contributed by atoms with Crippen molar-refractivity contribution in [2.24, 2.45) is 0 Å². The van der Waals surface area contributed by atoms with Crippen LogP contribution in [0.25, 0.3) is 0 Å². The highest BCUT2D eigenvalue weighted by molar-refractivity contribution is 6.20. The van der Waals surface area contributed by atoms with Crippen molar-refractivity contribution < 1.29 is 22.8 Å². The van der Waals surface area contributed by atoms with Crippen LogP contribution in [0.2, 0.25) is 0 Å². The molecule has 0 spiro atoms. The van der Waals surface area contributed by atoms with Crippen LogP contribution in [0, 0.1) is 0 Å². The number of rotatable bonds is 2. The maximum atomic E-state index is 13.0. The van der Waals surface area contributed by atoms with Crippen molar-refractivity contribution in [1.29, 1.82) is 0 Å². The third-order valence-corrected chi connectivity index (χ3v) is 4.10. The number of nitrogens with one attached hydrogen (secondary N) is 1. The van der Waals surface area contributed by atoms with Crippen LogP contribution in [0.5, 0.6) is 0 Å². The Morgan fingerprint density at radius 3 is 2.36 bits per heavy atom. The van der Waals surface area contributed by atoms with E-state index in [-0.39, 0.29) is 17.9 Å². The Labute approximate surface area is 142 Å². The number of halogens is 3. The van der Waals surface area contributed by atoms with Gasteiger partial charge in [0.2, 0.25) is 11.8 Å². The molecule has 7 heteroatoms. The van der Waals surface area contributed by atoms with Crippen LogP contribution in [0.15, 0.2) is 48.5 Å². The smallest absolute Gasteiger partial charge is 0.323 e. The summed E-state index contributed by atoms with van der Waals surface area (Å²) in [7, 11) is 0. The number of likely N-dealkylation sites (N-methyl/N-ethyl adjacent to an activating group) is 1. The zero-order chi connectivity index (χ0) is 18.2. The van der Waals surface area contributed by atoms with E-state index in [1.54, 1.807) is 37.3 Å². The summed E-state index contributed by atoms with van der Waals surface area (Å²) in [6.45, 7) is 1.94. The van der Waals surface area contributed by atoms with E-state index >= 15 is 0 Å². The molecule has 0 bridgehead atoms. The molecule has 0 fully saturated rings. The van der Waals surface area contributed by atoms with Crippen LogP contribution < -0.4 is 10.2 Å². The first-order valence-electron chi connectivity index (χ1n) is 7.71. The summed E-state index contributed by atoms with van der Waals surface area (Å²) < 4.78 is 38.9. The molecule has 1 aliphatic heterocycles. The van der Waals surface area contributed by atoms with Crippen molar-refractivity contribution in [3.8, 4) is 0 Å². The summed E-state index contributed by atoms with van der Waals surface area (Å²) in [5.74, 6) is -2.22. The van der Waals surface area contributed by atoms with E-state index in [1.807, 2.05) is 0 Å². The van der Waals surface area contributed by atoms with Gasteiger partial charge < -0.3 is 10.2 Å². The molecule has 2 aromatic carbocycles. The average Bonchev–Trinajstić information content (AvgIpc) is 2.67. The van der Waals surface area contributed by atoms with Crippen LogP contribution >= 0.6 is 0 Å². The first kappa shape index (κ1) is 17.0. The highest BCUT2D eigenvalue weighted by atomic mass is 19.4. The molecule has 0 aromatic heterocycles. The largest absolute Gasteiger partial charge is 0.416 e. The van der Waals surface area contributed by atoms with Gasteiger partial charge in [0.1, 0.15) is 5.92 Å². The fourth-order valence-electron chi connectivity index (χ4n) is 2.91. The molecule has 3 rings (SSSR count). The number of carbonyl (C=O) groups is 2. The van der Waals surface area contributed by atoms with Gasteiger partial charge in [0.05, 0.1) is 16.9 Å². The monoisotopic (exact) mass is 348 g/mol. The number of carbonyl (C=O) groups excluding carboxylic acids is 2. The maximum absolute atomic E-state index is 13.0. The van der Waals surface area contributed by atoms with E-state index in [4.69, 9.17) is 0 Å². The lowest BCUT2D eigenvalue weighted by atomic mass is 9.97. The molecule has 130 valence electrons. The summed E-state index contributed by atoms with van der Waals surface area (Å²) in [6.07, 6.45) is -4.54. The van der Waals surface area contributed by atoms with E-state index < -0.39 is 29.5 Å². The van der Waals surface area contributed by atoms with Gasteiger partial charge in [-0.15, -0.1) is 0 Å². The van der Waals surface area contributed by atoms with Crippen LogP contribution in [0.4, 0.5) is 24.5 Å². The van der Waals surface area contributed by atoms with Gasteiger partial charge in [-0.25, -0.2) is 0 Å². The van der Waals surface area contributed by atoms with Gasteiger partial charge in [-0.05, 0) is 30.7 Å². The number of hydrogen-bond acceptors (Lipinski definition) is 2. The van der Waals surface area contributed by atoms with E-state index in [1.165, 1.54) is 11.0 Å².